The van der Waals surface area contributed by atoms with Crippen LogP contribution < -0.4 is 10.6 Å². The summed E-state index contributed by atoms with van der Waals surface area (Å²) in [7, 11) is 0. The Kier molecular flexibility index (Phi) is 4.53. The van der Waals surface area contributed by atoms with Crippen molar-refractivity contribution >= 4 is 23.5 Å². The van der Waals surface area contributed by atoms with E-state index in [0.29, 0.717) is 44.5 Å². The van der Waals surface area contributed by atoms with Gasteiger partial charge in [0.2, 0.25) is 5.91 Å². The van der Waals surface area contributed by atoms with Crippen LogP contribution in [0.3, 0.4) is 0 Å². The number of aryl methyl sites for hydroxylation is 1. The second-order valence-corrected chi connectivity index (χ2v) is 6.30. The molecule has 0 aromatic heterocycles. The lowest BCUT2D eigenvalue weighted by Crippen LogP contribution is -2.46. The fourth-order valence-corrected chi connectivity index (χ4v) is 3.10. The van der Waals surface area contributed by atoms with Gasteiger partial charge in [0.25, 0.3) is 5.91 Å². The van der Waals surface area contributed by atoms with Crippen molar-refractivity contribution in [3.8, 4) is 0 Å². The van der Waals surface area contributed by atoms with Gasteiger partial charge in [0.1, 0.15) is 0 Å². The van der Waals surface area contributed by atoms with Crippen LogP contribution in [-0.2, 0) is 20.7 Å². The van der Waals surface area contributed by atoms with Gasteiger partial charge in [-0.15, -0.1) is 0 Å². The standard InChI is InChI=1S/C17H20N2O5/c20-14-4-2-11-9-12(1-3-13(11)19-14)15(21)18-10-17(16(22)23)5-7-24-8-6-17/h1,3,9H,2,4-8,10H2,(H,18,21)(H,19,20)(H,22,23). The smallest absolute Gasteiger partial charge is 0.311 e. The van der Waals surface area contributed by atoms with Gasteiger partial charge >= 0.3 is 5.97 Å². The Labute approximate surface area is 139 Å². The highest BCUT2D eigenvalue weighted by Gasteiger charge is 2.40. The Morgan fingerprint density at radius 3 is 2.71 bits per heavy atom. The molecule has 1 aromatic carbocycles. The maximum absolute atomic E-state index is 12.4. The molecule has 2 heterocycles. The molecule has 0 unspecified atom stereocenters. The lowest BCUT2D eigenvalue weighted by Gasteiger charge is -2.33. The molecule has 1 saturated heterocycles. The molecular formula is C17H20N2O5. The van der Waals surface area contributed by atoms with Gasteiger partial charge in [0, 0.05) is 37.4 Å². The lowest BCUT2D eigenvalue weighted by molar-refractivity contribution is -0.154. The molecule has 0 atom stereocenters. The number of anilines is 1. The quantitative estimate of drug-likeness (QED) is 0.768. The van der Waals surface area contributed by atoms with Crippen molar-refractivity contribution in [2.75, 3.05) is 25.1 Å². The molecule has 0 aliphatic carbocycles. The Morgan fingerprint density at radius 2 is 2.00 bits per heavy atom. The van der Waals surface area contributed by atoms with Crippen LogP contribution in [0.15, 0.2) is 18.2 Å². The maximum atomic E-state index is 12.4. The van der Waals surface area contributed by atoms with Crippen molar-refractivity contribution in [3.05, 3.63) is 29.3 Å². The summed E-state index contributed by atoms with van der Waals surface area (Å²) in [4.78, 5) is 35.3. The highest BCUT2D eigenvalue weighted by Crippen LogP contribution is 2.30. The molecule has 0 bridgehead atoms. The van der Waals surface area contributed by atoms with Gasteiger partial charge in [0.15, 0.2) is 0 Å². The normalized spacial score (nSPS) is 19.1. The van der Waals surface area contributed by atoms with Crippen molar-refractivity contribution in [2.45, 2.75) is 25.7 Å². The molecule has 3 rings (SSSR count). The zero-order valence-electron chi connectivity index (χ0n) is 13.3. The third-order valence-electron chi connectivity index (χ3n) is 4.75. The number of carboxylic acid groups (broad SMARTS) is 1. The van der Waals surface area contributed by atoms with Crippen LogP contribution in [-0.4, -0.2) is 42.6 Å². The number of carboxylic acids is 1. The van der Waals surface area contributed by atoms with E-state index in [2.05, 4.69) is 10.6 Å². The van der Waals surface area contributed by atoms with Gasteiger partial charge in [-0.2, -0.15) is 0 Å². The largest absolute Gasteiger partial charge is 0.481 e. The van der Waals surface area contributed by atoms with E-state index in [1.54, 1.807) is 18.2 Å². The van der Waals surface area contributed by atoms with Crippen LogP contribution in [0.25, 0.3) is 0 Å². The number of aliphatic carboxylic acids is 1. The summed E-state index contributed by atoms with van der Waals surface area (Å²) in [6.07, 6.45) is 1.77. The van der Waals surface area contributed by atoms with Gasteiger partial charge in [-0.25, -0.2) is 0 Å². The minimum Gasteiger partial charge on any atom is -0.481 e. The van der Waals surface area contributed by atoms with Crippen LogP contribution >= 0.6 is 0 Å². The van der Waals surface area contributed by atoms with Gasteiger partial charge in [-0.3, -0.25) is 14.4 Å². The van der Waals surface area contributed by atoms with Crippen molar-refractivity contribution < 1.29 is 24.2 Å². The van der Waals surface area contributed by atoms with Crippen LogP contribution in [0.2, 0.25) is 0 Å². The van der Waals surface area contributed by atoms with Crippen molar-refractivity contribution in [1.29, 1.82) is 0 Å². The molecule has 2 aliphatic rings. The first-order valence-electron chi connectivity index (χ1n) is 8.02. The Morgan fingerprint density at radius 1 is 1.25 bits per heavy atom. The van der Waals surface area contributed by atoms with Gasteiger partial charge in [-0.1, -0.05) is 0 Å². The second kappa shape index (κ2) is 6.60. The first kappa shape index (κ1) is 16.4. The molecule has 7 nitrogen and oxygen atoms in total. The molecule has 24 heavy (non-hydrogen) atoms. The minimum absolute atomic E-state index is 0.0254. The zero-order chi connectivity index (χ0) is 17.2. The number of rotatable bonds is 4. The van der Waals surface area contributed by atoms with E-state index in [1.165, 1.54) is 0 Å². The molecule has 1 aromatic rings. The van der Waals surface area contributed by atoms with E-state index in [9.17, 15) is 19.5 Å². The van der Waals surface area contributed by atoms with Crippen LogP contribution in [0.4, 0.5) is 5.69 Å². The second-order valence-electron chi connectivity index (χ2n) is 6.30. The van der Waals surface area contributed by atoms with Crippen LogP contribution in [0.1, 0.15) is 35.2 Å². The number of nitrogens with one attached hydrogen (secondary N) is 2. The zero-order valence-corrected chi connectivity index (χ0v) is 13.3. The van der Waals surface area contributed by atoms with E-state index < -0.39 is 11.4 Å². The number of carbonyl (C=O) groups is 3. The van der Waals surface area contributed by atoms with E-state index in [1.807, 2.05) is 0 Å². The van der Waals surface area contributed by atoms with Gasteiger partial charge in [0.05, 0.1) is 5.41 Å². The lowest BCUT2D eigenvalue weighted by atomic mass is 9.80. The number of amides is 2. The summed E-state index contributed by atoms with van der Waals surface area (Å²) in [6.45, 7) is 0.861. The number of benzene rings is 1. The predicted molar refractivity (Wildman–Crippen MR) is 85.8 cm³/mol. The maximum Gasteiger partial charge on any atom is 0.311 e. The number of carbonyl (C=O) groups excluding carboxylic acids is 2. The van der Waals surface area contributed by atoms with E-state index >= 15 is 0 Å². The molecule has 3 N–H and O–H groups in total. The Hall–Kier alpha value is -2.41. The van der Waals surface area contributed by atoms with E-state index in [0.717, 1.165) is 11.3 Å². The SMILES string of the molecule is O=C1CCc2cc(C(=O)NCC3(C(=O)O)CCOCC3)ccc2N1. The highest BCUT2D eigenvalue weighted by atomic mass is 16.5. The Balaban J connectivity index is 1.68. The molecule has 2 aliphatic heterocycles. The average Bonchev–Trinajstić information content (AvgIpc) is 2.60. The molecule has 7 heteroatoms. The van der Waals surface area contributed by atoms with E-state index in [4.69, 9.17) is 4.74 Å². The molecule has 1 fully saturated rings. The summed E-state index contributed by atoms with van der Waals surface area (Å²) in [5, 5.41) is 15.0. The number of hydrogen-bond donors (Lipinski definition) is 3. The summed E-state index contributed by atoms with van der Waals surface area (Å²) < 4.78 is 5.23. The summed E-state index contributed by atoms with van der Waals surface area (Å²) in [5.74, 6) is -1.23. The molecule has 2 amide bonds. The third-order valence-corrected chi connectivity index (χ3v) is 4.75. The van der Waals surface area contributed by atoms with Crippen LogP contribution in [0.5, 0.6) is 0 Å². The predicted octanol–water partition coefficient (Wildman–Crippen LogP) is 1.18. The van der Waals surface area contributed by atoms with E-state index in [-0.39, 0.29) is 18.4 Å². The van der Waals surface area contributed by atoms with Gasteiger partial charge < -0.3 is 20.5 Å². The van der Waals surface area contributed by atoms with Crippen molar-refractivity contribution in [2.24, 2.45) is 5.41 Å². The molecule has 0 spiro atoms. The number of ether oxygens (including phenoxy) is 1. The summed E-state index contributed by atoms with van der Waals surface area (Å²) >= 11 is 0. The first-order valence-corrected chi connectivity index (χ1v) is 8.02. The summed E-state index contributed by atoms with van der Waals surface area (Å²) in [5.41, 5.74) is 1.16. The topological polar surface area (TPSA) is 105 Å². The number of fused-ring (bicyclic) bond motifs is 1. The molecular weight excluding hydrogens is 312 g/mol. The molecule has 128 valence electrons. The monoisotopic (exact) mass is 332 g/mol. The fourth-order valence-electron chi connectivity index (χ4n) is 3.10. The highest BCUT2D eigenvalue weighted by molar-refractivity contribution is 5.98. The van der Waals surface area contributed by atoms with Crippen molar-refractivity contribution in [3.63, 3.8) is 0 Å². The fraction of sp³-hybridized carbons (Fsp3) is 0.471. The average molecular weight is 332 g/mol. The molecule has 0 radical (unpaired) electrons. The minimum atomic E-state index is -0.962. The van der Waals surface area contributed by atoms with Crippen LogP contribution in [0, 0.1) is 5.41 Å². The third kappa shape index (κ3) is 3.26. The Bertz CT molecular complexity index is 680. The van der Waals surface area contributed by atoms with Crippen molar-refractivity contribution in [1.82, 2.24) is 5.32 Å². The van der Waals surface area contributed by atoms with Gasteiger partial charge in [-0.05, 0) is 43.0 Å². The molecule has 0 saturated carbocycles. The summed E-state index contributed by atoms with van der Waals surface area (Å²) in [6, 6.07) is 5.10. The first-order chi connectivity index (χ1) is 11.5. The number of hydrogen-bond acceptors (Lipinski definition) is 4.